The number of nitrogens with zero attached hydrogens (tertiary/aromatic N) is 1. The fraction of sp³-hybridized carbons (Fsp3) is 0.227. The molecule has 1 N–H and O–H groups in total. The van der Waals surface area contributed by atoms with Gasteiger partial charge in [0.2, 0.25) is 5.91 Å². The summed E-state index contributed by atoms with van der Waals surface area (Å²) in [5, 5.41) is 3.18. The van der Waals surface area contributed by atoms with Crippen molar-refractivity contribution >= 4 is 34.2 Å². The lowest BCUT2D eigenvalue weighted by atomic mass is 10.1. The number of hydrogen-bond donors (Lipinski definition) is 1. The highest BCUT2D eigenvalue weighted by Crippen LogP contribution is 2.28. The molecule has 3 aromatic rings. The Morgan fingerprint density at radius 2 is 1.96 bits per heavy atom. The van der Waals surface area contributed by atoms with Crippen LogP contribution in [0.3, 0.4) is 0 Å². The van der Waals surface area contributed by atoms with Crippen molar-refractivity contribution in [2.45, 2.75) is 32.7 Å². The number of carbonyl (C=O) groups is 2. The number of amides is 2. The van der Waals surface area contributed by atoms with E-state index >= 15 is 0 Å². The van der Waals surface area contributed by atoms with Gasteiger partial charge in [-0.1, -0.05) is 12.1 Å². The van der Waals surface area contributed by atoms with Crippen LogP contribution in [0.15, 0.2) is 57.7 Å². The maximum atomic E-state index is 12.6. The summed E-state index contributed by atoms with van der Waals surface area (Å²) in [7, 11) is 0. The van der Waals surface area contributed by atoms with Crippen LogP contribution in [0.4, 0.5) is 11.4 Å². The molecule has 0 saturated carbocycles. The van der Waals surface area contributed by atoms with Gasteiger partial charge in [0.1, 0.15) is 5.58 Å². The quantitative estimate of drug-likeness (QED) is 0.753. The van der Waals surface area contributed by atoms with Crippen molar-refractivity contribution in [2.24, 2.45) is 0 Å². The first kappa shape index (κ1) is 18.0. The van der Waals surface area contributed by atoms with Crippen LogP contribution >= 0.6 is 0 Å². The van der Waals surface area contributed by atoms with Crippen LogP contribution in [0.5, 0.6) is 0 Å². The molecule has 142 valence electrons. The maximum absolute atomic E-state index is 12.6. The predicted molar refractivity (Wildman–Crippen MR) is 108 cm³/mol. The van der Waals surface area contributed by atoms with Gasteiger partial charge in [0.25, 0.3) is 5.91 Å². The Morgan fingerprint density at radius 3 is 2.71 bits per heavy atom. The third kappa shape index (κ3) is 3.29. The smallest absolute Gasteiger partial charge is 0.291 e. The minimum absolute atomic E-state index is 0.0564. The first-order valence-electron chi connectivity index (χ1n) is 9.20. The van der Waals surface area contributed by atoms with Crippen LogP contribution in [-0.4, -0.2) is 17.9 Å². The van der Waals surface area contributed by atoms with Crippen molar-refractivity contribution in [3.05, 3.63) is 70.1 Å². The second kappa shape index (κ2) is 6.96. The fourth-order valence-electron chi connectivity index (χ4n) is 3.53. The van der Waals surface area contributed by atoms with Crippen molar-refractivity contribution in [1.82, 2.24) is 0 Å². The summed E-state index contributed by atoms with van der Waals surface area (Å²) in [5.41, 5.74) is 2.31. The summed E-state index contributed by atoms with van der Waals surface area (Å²) >= 11 is 0. The average molecular weight is 376 g/mol. The molecule has 6 heteroatoms. The molecule has 1 unspecified atom stereocenters. The molecular formula is C22H20N2O4. The van der Waals surface area contributed by atoms with Gasteiger partial charge in [-0.25, -0.2) is 0 Å². The van der Waals surface area contributed by atoms with Gasteiger partial charge in [0.15, 0.2) is 11.2 Å². The fourth-order valence-corrected chi connectivity index (χ4v) is 3.53. The van der Waals surface area contributed by atoms with E-state index in [1.54, 1.807) is 35.2 Å². The highest BCUT2D eigenvalue weighted by atomic mass is 16.3. The SMILES string of the molecule is Cc1ccc2c(=O)cc(C(=O)Nc3cccc(N4C(=O)CCC4C)c3)oc2c1. The summed E-state index contributed by atoms with van der Waals surface area (Å²) in [4.78, 5) is 38.8. The summed E-state index contributed by atoms with van der Waals surface area (Å²) < 4.78 is 5.65. The molecule has 0 spiro atoms. The molecule has 1 aliphatic rings. The molecule has 0 aliphatic carbocycles. The van der Waals surface area contributed by atoms with Crippen molar-refractivity contribution in [3.63, 3.8) is 0 Å². The van der Waals surface area contributed by atoms with Crippen molar-refractivity contribution in [2.75, 3.05) is 10.2 Å². The van der Waals surface area contributed by atoms with Gasteiger partial charge in [-0.05, 0) is 56.2 Å². The second-order valence-electron chi connectivity index (χ2n) is 7.13. The van der Waals surface area contributed by atoms with E-state index in [1.165, 1.54) is 6.07 Å². The molecule has 0 bridgehead atoms. The van der Waals surface area contributed by atoms with Crippen molar-refractivity contribution < 1.29 is 14.0 Å². The van der Waals surface area contributed by atoms with E-state index in [0.717, 1.165) is 17.7 Å². The molecule has 1 aliphatic heterocycles. The van der Waals surface area contributed by atoms with Crippen LogP contribution in [0.25, 0.3) is 11.0 Å². The van der Waals surface area contributed by atoms with Gasteiger partial charge in [0.05, 0.1) is 5.39 Å². The maximum Gasteiger partial charge on any atom is 0.291 e. The summed E-state index contributed by atoms with van der Waals surface area (Å²) in [6.07, 6.45) is 1.34. The highest BCUT2D eigenvalue weighted by Gasteiger charge is 2.28. The van der Waals surface area contributed by atoms with Crippen LogP contribution in [-0.2, 0) is 4.79 Å². The molecule has 1 aromatic heterocycles. The van der Waals surface area contributed by atoms with E-state index < -0.39 is 5.91 Å². The van der Waals surface area contributed by atoms with E-state index in [0.29, 0.717) is 23.1 Å². The molecular weight excluding hydrogens is 356 g/mol. The van der Waals surface area contributed by atoms with E-state index in [2.05, 4.69) is 5.32 Å². The molecule has 2 aromatic carbocycles. The number of benzene rings is 2. The van der Waals surface area contributed by atoms with Crippen LogP contribution < -0.4 is 15.6 Å². The van der Waals surface area contributed by atoms with Gasteiger partial charge in [0, 0.05) is 29.9 Å². The zero-order valence-electron chi connectivity index (χ0n) is 15.7. The Hall–Kier alpha value is -3.41. The number of aryl methyl sites for hydroxylation is 1. The van der Waals surface area contributed by atoms with Crippen molar-refractivity contribution in [1.29, 1.82) is 0 Å². The molecule has 1 fully saturated rings. The number of rotatable bonds is 3. The molecule has 2 heterocycles. The van der Waals surface area contributed by atoms with E-state index in [4.69, 9.17) is 4.42 Å². The number of fused-ring (bicyclic) bond motifs is 1. The Morgan fingerprint density at radius 1 is 1.14 bits per heavy atom. The average Bonchev–Trinajstić information content (AvgIpc) is 2.99. The van der Waals surface area contributed by atoms with Crippen LogP contribution in [0.2, 0.25) is 0 Å². The zero-order valence-corrected chi connectivity index (χ0v) is 15.7. The monoisotopic (exact) mass is 376 g/mol. The lowest BCUT2D eigenvalue weighted by Crippen LogP contribution is -2.30. The first-order chi connectivity index (χ1) is 13.4. The molecule has 28 heavy (non-hydrogen) atoms. The lowest BCUT2D eigenvalue weighted by molar-refractivity contribution is -0.117. The third-order valence-corrected chi connectivity index (χ3v) is 4.98. The van der Waals surface area contributed by atoms with E-state index in [-0.39, 0.29) is 23.1 Å². The Kier molecular flexibility index (Phi) is 4.47. The Balaban J connectivity index is 1.62. The van der Waals surface area contributed by atoms with Gasteiger partial charge < -0.3 is 14.6 Å². The standard InChI is InChI=1S/C22H20N2O4/c1-13-6-8-17-18(25)12-20(28-19(17)10-13)22(27)23-15-4-3-5-16(11-15)24-14(2)7-9-21(24)26/h3-6,8,10-12,14H,7,9H2,1-2H3,(H,23,27). The zero-order chi connectivity index (χ0) is 19.8. The molecule has 1 atom stereocenters. The number of nitrogens with one attached hydrogen (secondary N) is 1. The minimum Gasteiger partial charge on any atom is -0.451 e. The van der Waals surface area contributed by atoms with Gasteiger partial charge in [-0.15, -0.1) is 0 Å². The normalized spacial score (nSPS) is 16.6. The van der Waals surface area contributed by atoms with Gasteiger partial charge in [-0.3, -0.25) is 14.4 Å². The number of anilines is 2. The largest absolute Gasteiger partial charge is 0.451 e. The van der Waals surface area contributed by atoms with Crippen LogP contribution in [0.1, 0.15) is 35.9 Å². The molecule has 6 nitrogen and oxygen atoms in total. The topological polar surface area (TPSA) is 79.6 Å². The summed E-state index contributed by atoms with van der Waals surface area (Å²) in [6, 6.07) is 13.7. The lowest BCUT2D eigenvalue weighted by Gasteiger charge is -2.22. The van der Waals surface area contributed by atoms with Gasteiger partial charge in [-0.2, -0.15) is 0 Å². The molecule has 1 saturated heterocycles. The summed E-state index contributed by atoms with van der Waals surface area (Å²) in [5.74, 6) is -0.496. The highest BCUT2D eigenvalue weighted by molar-refractivity contribution is 6.03. The Bertz CT molecular complexity index is 1150. The van der Waals surface area contributed by atoms with E-state index in [1.807, 2.05) is 26.0 Å². The molecule has 4 rings (SSSR count). The summed E-state index contributed by atoms with van der Waals surface area (Å²) in [6.45, 7) is 3.89. The third-order valence-electron chi connectivity index (χ3n) is 4.98. The van der Waals surface area contributed by atoms with Gasteiger partial charge >= 0.3 is 0 Å². The second-order valence-corrected chi connectivity index (χ2v) is 7.13. The number of hydrogen-bond acceptors (Lipinski definition) is 4. The van der Waals surface area contributed by atoms with E-state index in [9.17, 15) is 14.4 Å². The molecule has 0 radical (unpaired) electrons. The first-order valence-corrected chi connectivity index (χ1v) is 9.20. The minimum atomic E-state index is -0.515. The van der Waals surface area contributed by atoms with Crippen molar-refractivity contribution in [3.8, 4) is 0 Å². The van der Waals surface area contributed by atoms with Crippen LogP contribution in [0, 0.1) is 6.92 Å². The molecule has 2 amide bonds. The predicted octanol–water partition coefficient (Wildman–Crippen LogP) is 3.87. The number of carbonyl (C=O) groups excluding carboxylic acids is 2. The Labute approximate surface area is 161 Å².